The van der Waals surface area contributed by atoms with Crippen molar-refractivity contribution in [2.45, 2.75) is 13.3 Å². The summed E-state index contributed by atoms with van der Waals surface area (Å²) in [4.78, 5) is 14.6. The first kappa shape index (κ1) is 11.0. The third kappa shape index (κ3) is 2.98. The molecule has 0 aliphatic carbocycles. The van der Waals surface area contributed by atoms with E-state index in [1.807, 2.05) is 6.07 Å². The number of hydrogen-bond acceptors (Lipinski definition) is 6. The smallest absolute Gasteiger partial charge is 0.307 e. The van der Waals surface area contributed by atoms with Crippen molar-refractivity contribution in [3.05, 3.63) is 11.6 Å². The van der Waals surface area contributed by atoms with Gasteiger partial charge in [0.15, 0.2) is 5.89 Å². The Balaban J connectivity index is 2.51. The first-order valence-electron chi connectivity index (χ1n) is 4.35. The minimum atomic E-state index is -0.322. The molecular formula is C9H11N3O3. The molecule has 0 aliphatic heterocycles. The molecule has 80 valence electrons. The van der Waals surface area contributed by atoms with Crippen LogP contribution in [0.15, 0.2) is 4.42 Å². The van der Waals surface area contributed by atoms with Crippen molar-refractivity contribution in [3.8, 4) is 6.07 Å². The fraction of sp³-hybridized carbons (Fsp3) is 0.444. The Morgan fingerprint density at radius 2 is 2.47 bits per heavy atom. The predicted molar refractivity (Wildman–Crippen MR) is 51.1 cm³/mol. The molecule has 0 amide bonds. The van der Waals surface area contributed by atoms with Crippen LogP contribution in [0.25, 0.3) is 0 Å². The Bertz CT molecular complexity index is 392. The number of aromatic nitrogens is 1. The summed E-state index contributed by atoms with van der Waals surface area (Å²) in [6.45, 7) is 1.99. The molecule has 0 unspecified atom stereocenters. The molecule has 1 rings (SSSR count). The van der Waals surface area contributed by atoms with Gasteiger partial charge in [-0.1, -0.05) is 0 Å². The molecule has 0 spiro atoms. The van der Waals surface area contributed by atoms with Crippen LogP contribution < -0.4 is 5.32 Å². The van der Waals surface area contributed by atoms with Crippen molar-refractivity contribution in [2.75, 3.05) is 19.0 Å². The van der Waals surface area contributed by atoms with Gasteiger partial charge in [-0.05, 0) is 0 Å². The van der Waals surface area contributed by atoms with Gasteiger partial charge >= 0.3 is 5.97 Å². The van der Waals surface area contributed by atoms with E-state index in [0.717, 1.165) is 0 Å². The van der Waals surface area contributed by atoms with Crippen LogP contribution in [0, 0.1) is 18.3 Å². The summed E-state index contributed by atoms with van der Waals surface area (Å²) >= 11 is 0. The van der Waals surface area contributed by atoms with Gasteiger partial charge in [0, 0.05) is 13.5 Å². The van der Waals surface area contributed by atoms with Gasteiger partial charge < -0.3 is 14.5 Å². The first-order chi connectivity index (χ1) is 7.17. The van der Waals surface area contributed by atoms with E-state index in [1.165, 1.54) is 7.11 Å². The lowest BCUT2D eigenvalue weighted by Crippen LogP contribution is -2.09. The molecule has 1 aromatic heterocycles. The second kappa shape index (κ2) is 5.00. The molecule has 0 aromatic carbocycles. The zero-order valence-electron chi connectivity index (χ0n) is 8.53. The van der Waals surface area contributed by atoms with Gasteiger partial charge in [-0.2, -0.15) is 5.26 Å². The number of carbonyl (C=O) groups is 1. The third-order valence-corrected chi connectivity index (χ3v) is 1.68. The van der Waals surface area contributed by atoms with Crippen molar-refractivity contribution in [3.63, 3.8) is 0 Å². The van der Waals surface area contributed by atoms with E-state index < -0.39 is 0 Å². The number of esters is 1. The molecule has 1 N–H and O–H groups in total. The number of nitrogens with zero attached hydrogens (tertiary/aromatic N) is 2. The van der Waals surface area contributed by atoms with E-state index in [1.54, 1.807) is 6.92 Å². The maximum atomic E-state index is 10.8. The van der Waals surface area contributed by atoms with Crippen molar-refractivity contribution in [2.24, 2.45) is 0 Å². The first-order valence-corrected chi connectivity index (χ1v) is 4.35. The lowest BCUT2D eigenvalue weighted by molar-refractivity contribution is -0.140. The van der Waals surface area contributed by atoms with E-state index in [9.17, 15) is 4.79 Å². The summed E-state index contributed by atoms with van der Waals surface area (Å²) in [6, 6.07) is 1.88. The van der Waals surface area contributed by atoms with Gasteiger partial charge in [-0.3, -0.25) is 4.79 Å². The van der Waals surface area contributed by atoms with Crippen molar-refractivity contribution < 1.29 is 13.9 Å². The van der Waals surface area contributed by atoms with E-state index in [4.69, 9.17) is 9.68 Å². The molecule has 0 fully saturated rings. The quantitative estimate of drug-likeness (QED) is 0.739. The topological polar surface area (TPSA) is 88.2 Å². The highest BCUT2D eigenvalue weighted by Crippen LogP contribution is 2.15. The molecule has 0 atom stereocenters. The molecule has 6 nitrogen and oxygen atoms in total. The largest absolute Gasteiger partial charge is 0.469 e. The third-order valence-electron chi connectivity index (χ3n) is 1.68. The Morgan fingerprint density at radius 1 is 1.73 bits per heavy atom. The number of hydrogen-bond donors (Lipinski definition) is 1. The molecule has 0 bridgehead atoms. The number of anilines is 1. The van der Waals surface area contributed by atoms with E-state index in [-0.39, 0.29) is 18.1 Å². The molecule has 0 saturated carbocycles. The summed E-state index contributed by atoms with van der Waals surface area (Å²) in [5.74, 6) is 0.378. The number of rotatable bonds is 4. The molecule has 15 heavy (non-hydrogen) atoms. The van der Waals surface area contributed by atoms with Crippen LogP contribution in [0.4, 0.5) is 5.88 Å². The summed E-state index contributed by atoms with van der Waals surface area (Å²) in [5, 5.41) is 11.5. The highest BCUT2D eigenvalue weighted by Gasteiger charge is 2.10. The number of nitriles is 1. The van der Waals surface area contributed by atoms with Gasteiger partial charge in [0.25, 0.3) is 0 Å². The van der Waals surface area contributed by atoms with Crippen molar-refractivity contribution >= 4 is 11.9 Å². The normalized spacial score (nSPS) is 9.40. The zero-order valence-corrected chi connectivity index (χ0v) is 8.53. The van der Waals surface area contributed by atoms with E-state index in [0.29, 0.717) is 18.3 Å². The number of aryl methyl sites for hydroxylation is 1. The van der Waals surface area contributed by atoms with Crippen LogP contribution in [0.5, 0.6) is 0 Å². The number of ether oxygens (including phenoxy) is 1. The zero-order chi connectivity index (χ0) is 11.3. The molecule has 6 heteroatoms. The van der Waals surface area contributed by atoms with Gasteiger partial charge in [-0.25, -0.2) is 4.98 Å². The SMILES string of the molecule is COC(=O)CCNc1oc(C)nc1C#N. The number of carbonyl (C=O) groups excluding carboxylic acids is 1. The average Bonchev–Trinajstić information content (AvgIpc) is 2.58. The van der Waals surface area contributed by atoms with Gasteiger partial charge in [-0.15, -0.1) is 0 Å². The fourth-order valence-electron chi connectivity index (χ4n) is 1.00. The summed E-state index contributed by atoms with van der Waals surface area (Å²) < 4.78 is 9.58. The Kier molecular flexibility index (Phi) is 3.68. The van der Waals surface area contributed by atoms with Crippen LogP contribution in [0.1, 0.15) is 18.0 Å². The summed E-state index contributed by atoms with van der Waals surface area (Å²) in [5.41, 5.74) is 0.192. The Labute approximate surface area is 86.9 Å². The maximum Gasteiger partial charge on any atom is 0.307 e. The highest BCUT2D eigenvalue weighted by atomic mass is 16.5. The van der Waals surface area contributed by atoms with Crippen LogP contribution in [-0.4, -0.2) is 24.6 Å². The highest BCUT2D eigenvalue weighted by molar-refractivity contribution is 5.69. The van der Waals surface area contributed by atoms with Crippen LogP contribution in [0.2, 0.25) is 0 Å². The fourth-order valence-corrected chi connectivity index (χ4v) is 1.00. The molecule has 0 saturated heterocycles. The minimum Gasteiger partial charge on any atom is -0.469 e. The molecule has 1 aromatic rings. The van der Waals surface area contributed by atoms with Crippen LogP contribution in [-0.2, 0) is 9.53 Å². The molecular weight excluding hydrogens is 198 g/mol. The van der Waals surface area contributed by atoms with E-state index in [2.05, 4.69) is 15.0 Å². The van der Waals surface area contributed by atoms with Crippen molar-refractivity contribution in [1.82, 2.24) is 4.98 Å². The van der Waals surface area contributed by atoms with Crippen LogP contribution in [0.3, 0.4) is 0 Å². The minimum absolute atomic E-state index is 0.192. The van der Waals surface area contributed by atoms with Crippen molar-refractivity contribution in [1.29, 1.82) is 5.26 Å². The maximum absolute atomic E-state index is 10.8. The monoisotopic (exact) mass is 209 g/mol. The Morgan fingerprint density at radius 3 is 3.07 bits per heavy atom. The second-order valence-electron chi connectivity index (χ2n) is 2.78. The lowest BCUT2D eigenvalue weighted by atomic mass is 10.4. The number of oxazole rings is 1. The molecule has 1 heterocycles. The van der Waals surface area contributed by atoms with Crippen LogP contribution >= 0.6 is 0 Å². The number of methoxy groups -OCH3 is 1. The second-order valence-corrected chi connectivity index (χ2v) is 2.78. The summed E-state index contributed by atoms with van der Waals surface area (Å²) in [7, 11) is 1.32. The van der Waals surface area contributed by atoms with Gasteiger partial charge in [0.2, 0.25) is 11.6 Å². The molecule has 0 radical (unpaired) electrons. The predicted octanol–water partition coefficient (Wildman–Crippen LogP) is 0.830. The molecule has 0 aliphatic rings. The number of nitrogens with one attached hydrogen (secondary N) is 1. The Hall–Kier alpha value is -2.03. The van der Waals surface area contributed by atoms with Gasteiger partial charge in [0.05, 0.1) is 13.5 Å². The average molecular weight is 209 g/mol. The standard InChI is InChI=1S/C9H11N3O3/c1-6-12-7(5-10)9(15-6)11-4-3-8(13)14-2/h11H,3-4H2,1-2H3. The summed E-state index contributed by atoms with van der Waals surface area (Å²) in [6.07, 6.45) is 0.209. The van der Waals surface area contributed by atoms with E-state index >= 15 is 0 Å². The van der Waals surface area contributed by atoms with Gasteiger partial charge in [0.1, 0.15) is 6.07 Å². The lowest BCUT2D eigenvalue weighted by Gasteiger charge is -2.00.